The van der Waals surface area contributed by atoms with Crippen LogP contribution in [0.2, 0.25) is 5.02 Å². The van der Waals surface area contributed by atoms with Crippen molar-refractivity contribution in [3.8, 4) is 0 Å². The Labute approximate surface area is 186 Å². The molecular weight excluding hydrogens is 439 g/mol. The molecule has 0 fully saturated rings. The molecule has 162 valence electrons. The van der Waals surface area contributed by atoms with E-state index in [0.717, 1.165) is 9.87 Å². The summed E-state index contributed by atoms with van der Waals surface area (Å²) < 4.78 is 41.0. The second-order valence-electron chi connectivity index (χ2n) is 7.14. The van der Waals surface area contributed by atoms with Crippen molar-refractivity contribution < 1.29 is 17.6 Å². The highest BCUT2D eigenvalue weighted by molar-refractivity contribution is 7.89. The van der Waals surface area contributed by atoms with Crippen LogP contribution in [0, 0.1) is 12.7 Å². The summed E-state index contributed by atoms with van der Waals surface area (Å²) >= 11 is 5.93. The van der Waals surface area contributed by atoms with Crippen molar-refractivity contribution in [2.24, 2.45) is 0 Å². The normalized spacial score (nSPS) is 11.5. The molecule has 3 rings (SSSR count). The van der Waals surface area contributed by atoms with Crippen LogP contribution in [0.15, 0.2) is 77.7 Å². The number of aryl methyl sites for hydroxylation is 1. The number of nitrogens with zero attached hydrogens (tertiary/aromatic N) is 2. The molecule has 0 saturated heterocycles. The molecule has 5 nitrogen and oxygen atoms in total. The second-order valence-corrected chi connectivity index (χ2v) is 9.52. The van der Waals surface area contributed by atoms with E-state index in [-0.39, 0.29) is 18.0 Å². The van der Waals surface area contributed by atoms with Gasteiger partial charge in [-0.2, -0.15) is 4.31 Å². The third-order valence-electron chi connectivity index (χ3n) is 4.83. The Kier molecular flexibility index (Phi) is 7.10. The summed E-state index contributed by atoms with van der Waals surface area (Å²) in [7, 11) is -2.43. The number of amides is 1. The highest BCUT2D eigenvalue weighted by atomic mass is 35.5. The van der Waals surface area contributed by atoms with E-state index in [9.17, 15) is 17.6 Å². The molecule has 0 atom stereocenters. The van der Waals surface area contributed by atoms with Crippen LogP contribution in [0.3, 0.4) is 0 Å². The van der Waals surface area contributed by atoms with Crippen molar-refractivity contribution in [1.29, 1.82) is 0 Å². The van der Waals surface area contributed by atoms with Crippen LogP contribution in [-0.2, 0) is 21.4 Å². The van der Waals surface area contributed by atoms with Gasteiger partial charge in [-0.1, -0.05) is 41.4 Å². The summed E-state index contributed by atoms with van der Waals surface area (Å²) in [6.07, 6.45) is 0. The number of carbonyl (C=O) groups excluding carboxylic acids is 1. The maximum absolute atomic E-state index is 13.3. The third-order valence-corrected chi connectivity index (χ3v) is 6.89. The smallest absolute Gasteiger partial charge is 0.243 e. The number of hydrogen-bond acceptors (Lipinski definition) is 3. The molecule has 0 unspecified atom stereocenters. The van der Waals surface area contributed by atoms with E-state index in [1.165, 1.54) is 48.3 Å². The molecule has 31 heavy (non-hydrogen) atoms. The zero-order chi connectivity index (χ0) is 22.6. The van der Waals surface area contributed by atoms with Crippen molar-refractivity contribution in [2.75, 3.05) is 18.5 Å². The van der Waals surface area contributed by atoms with Crippen LogP contribution in [0.25, 0.3) is 0 Å². The number of benzene rings is 3. The number of likely N-dealkylation sites (N-methyl/N-ethyl adjacent to an activating group) is 1. The lowest BCUT2D eigenvalue weighted by Crippen LogP contribution is -2.41. The maximum atomic E-state index is 13.3. The second kappa shape index (κ2) is 9.60. The fourth-order valence-electron chi connectivity index (χ4n) is 2.94. The minimum Gasteiger partial charge on any atom is -0.314 e. The van der Waals surface area contributed by atoms with Crippen molar-refractivity contribution in [2.45, 2.75) is 18.4 Å². The molecule has 0 N–H and O–H groups in total. The minimum absolute atomic E-state index is 0.00359. The van der Waals surface area contributed by atoms with E-state index in [0.29, 0.717) is 16.3 Å². The zero-order valence-corrected chi connectivity index (χ0v) is 18.7. The Morgan fingerprint density at radius 3 is 2.10 bits per heavy atom. The van der Waals surface area contributed by atoms with Gasteiger partial charge in [-0.25, -0.2) is 12.8 Å². The highest BCUT2D eigenvalue weighted by Crippen LogP contribution is 2.21. The molecule has 0 aromatic heterocycles. The molecule has 3 aromatic rings. The third kappa shape index (κ3) is 5.70. The van der Waals surface area contributed by atoms with Gasteiger partial charge in [0.05, 0.1) is 11.4 Å². The summed E-state index contributed by atoms with van der Waals surface area (Å²) in [6.45, 7) is 1.48. The van der Waals surface area contributed by atoms with Gasteiger partial charge in [-0.3, -0.25) is 4.79 Å². The van der Waals surface area contributed by atoms with Gasteiger partial charge in [0, 0.05) is 24.3 Å². The van der Waals surface area contributed by atoms with Gasteiger partial charge in [0.1, 0.15) is 5.82 Å². The predicted molar refractivity (Wildman–Crippen MR) is 120 cm³/mol. The summed E-state index contributed by atoms with van der Waals surface area (Å²) in [6, 6.07) is 18.6. The van der Waals surface area contributed by atoms with E-state index < -0.39 is 21.7 Å². The van der Waals surface area contributed by atoms with Crippen LogP contribution in [0.1, 0.15) is 11.1 Å². The number of carbonyl (C=O) groups is 1. The Hall–Kier alpha value is -2.74. The van der Waals surface area contributed by atoms with E-state index in [1.54, 1.807) is 36.4 Å². The quantitative estimate of drug-likeness (QED) is 0.516. The maximum Gasteiger partial charge on any atom is 0.243 e. The van der Waals surface area contributed by atoms with Crippen molar-refractivity contribution in [3.63, 3.8) is 0 Å². The molecule has 0 aliphatic heterocycles. The number of sulfonamides is 1. The van der Waals surface area contributed by atoms with Crippen LogP contribution >= 0.6 is 11.6 Å². The molecule has 3 aromatic carbocycles. The molecule has 0 bridgehead atoms. The van der Waals surface area contributed by atoms with Gasteiger partial charge in [-0.05, 0) is 61.0 Å². The molecule has 0 aliphatic rings. The zero-order valence-electron chi connectivity index (χ0n) is 17.1. The fraction of sp³-hybridized carbons (Fsp3) is 0.174. The predicted octanol–water partition coefficient (Wildman–Crippen LogP) is 4.64. The monoisotopic (exact) mass is 460 g/mol. The number of rotatable bonds is 7. The van der Waals surface area contributed by atoms with Gasteiger partial charge >= 0.3 is 0 Å². The molecule has 0 radical (unpaired) electrons. The lowest BCUT2D eigenvalue weighted by atomic mass is 10.2. The summed E-state index contributed by atoms with van der Waals surface area (Å²) in [5.74, 6) is -0.868. The number of hydrogen-bond donors (Lipinski definition) is 0. The molecular formula is C23H22ClFN2O3S. The minimum atomic E-state index is -3.95. The molecule has 0 heterocycles. The molecule has 8 heteroatoms. The first-order chi connectivity index (χ1) is 14.7. The van der Waals surface area contributed by atoms with Crippen molar-refractivity contribution >= 4 is 33.2 Å². The van der Waals surface area contributed by atoms with Crippen LogP contribution in [0.4, 0.5) is 10.1 Å². The largest absolute Gasteiger partial charge is 0.314 e. The summed E-state index contributed by atoms with van der Waals surface area (Å²) in [4.78, 5) is 14.3. The standard InChI is InChI=1S/C23H22ClFN2O3S/c1-17-3-13-22(14-4-17)31(29,30)27(15-18-5-7-19(24)8-6-18)16-23(28)26(2)21-11-9-20(25)10-12-21/h3-14H,15-16H2,1-2H3. The summed E-state index contributed by atoms with van der Waals surface area (Å²) in [5, 5.41) is 0.531. The van der Waals surface area contributed by atoms with Gasteiger partial charge in [-0.15, -0.1) is 0 Å². The van der Waals surface area contributed by atoms with Gasteiger partial charge in [0.15, 0.2) is 0 Å². The van der Waals surface area contributed by atoms with E-state index >= 15 is 0 Å². The van der Waals surface area contributed by atoms with Crippen molar-refractivity contribution in [3.05, 3.63) is 94.8 Å². The topological polar surface area (TPSA) is 57.7 Å². The number of halogens is 2. The first kappa shape index (κ1) is 22.9. The molecule has 0 aliphatic carbocycles. The van der Waals surface area contributed by atoms with E-state index in [4.69, 9.17) is 11.6 Å². The fourth-order valence-corrected chi connectivity index (χ4v) is 4.45. The average Bonchev–Trinajstić information content (AvgIpc) is 2.75. The molecule has 1 amide bonds. The van der Waals surface area contributed by atoms with E-state index in [1.807, 2.05) is 6.92 Å². The average molecular weight is 461 g/mol. The Morgan fingerprint density at radius 2 is 1.52 bits per heavy atom. The SMILES string of the molecule is Cc1ccc(S(=O)(=O)N(CC(=O)N(C)c2ccc(F)cc2)Cc2ccc(Cl)cc2)cc1. The van der Waals surface area contributed by atoms with Crippen LogP contribution in [0.5, 0.6) is 0 Å². The Bertz CT molecular complexity index is 1150. The van der Waals surface area contributed by atoms with E-state index in [2.05, 4.69) is 0 Å². The molecule has 0 saturated carbocycles. The number of anilines is 1. The lowest BCUT2D eigenvalue weighted by molar-refractivity contribution is -0.118. The van der Waals surface area contributed by atoms with Gasteiger partial charge < -0.3 is 4.90 Å². The lowest BCUT2D eigenvalue weighted by Gasteiger charge is -2.25. The van der Waals surface area contributed by atoms with Gasteiger partial charge in [0.2, 0.25) is 15.9 Å². The van der Waals surface area contributed by atoms with Gasteiger partial charge in [0.25, 0.3) is 0 Å². The summed E-state index contributed by atoms with van der Waals surface area (Å²) in [5.41, 5.74) is 2.08. The Balaban J connectivity index is 1.90. The van der Waals surface area contributed by atoms with Crippen LogP contribution < -0.4 is 4.90 Å². The van der Waals surface area contributed by atoms with Crippen molar-refractivity contribution in [1.82, 2.24) is 4.31 Å². The first-order valence-electron chi connectivity index (χ1n) is 9.50. The molecule has 0 spiro atoms. The first-order valence-corrected chi connectivity index (χ1v) is 11.3. The Morgan fingerprint density at radius 1 is 0.935 bits per heavy atom. The van der Waals surface area contributed by atoms with Crippen LogP contribution in [-0.4, -0.2) is 32.2 Å². The highest BCUT2D eigenvalue weighted by Gasteiger charge is 2.28.